The summed E-state index contributed by atoms with van der Waals surface area (Å²) in [5.74, 6) is -1.81. The second-order valence-corrected chi connectivity index (χ2v) is 6.46. The predicted molar refractivity (Wildman–Crippen MR) is 103 cm³/mol. The number of amides is 1. The Kier molecular flexibility index (Phi) is 4.63. The van der Waals surface area contributed by atoms with E-state index in [1.54, 1.807) is 17.8 Å². The van der Waals surface area contributed by atoms with Crippen molar-refractivity contribution in [2.75, 3.05) is 5.32 Å². The van der Waals surface area contributed by atoms with Crippen LogP contribution in [0.3, 0.4) is 0 Å². The van der Waals surface area contributed by atoms with Crippen molar-refractivity contribution in [3.8, 4) is 22.6 Å². The van der Waals surface area contributed by atoms with Crippen LogP contribution in [0.2, 0.25) is 0 Å². The summed E-state index contributed by atoms with van der Waals surface area (Å²) in [5, 5.41) is 14.2. The molecular formula is C20H16F2N6O. The molecule has 0 saturated heterocycles. The van der Waals surface area contributed by atoms with Crippen molar-refractivity contribution < 1.29 is 13.6 Å². The third-order valence-corrected chi connectivity index (χ3v) is 4.52. The minimum atomic E-state index is -0.856. The van der Waals surface area contributed by atoms with Crippen LogP contribution in [0.1, 0.15) is 16.1 Å². The van der Waals surface area contributed by atoms with Gasteiger partial charge in [-0.1, -0.05) is 18.2 Å². The summed E-state index contributed by atoms with van der Waals surface area (Å²) < 4.78 is 29.2. The second-order valence-electron chi connectivity index (χ2n) is 6.46. The zero-order chi connectivity index (χ0) is 20.5. The van der Waals surface area contributed by atoms with Crippen LogP contribution in [0.4, 0.5) is 14.5 Å². The monoisotopic (exact) mass is 394 g/mol. The number of aromatic amines is 1. The molecule has 0 aliphatic heterocycles. The van der Waals surface area contributed by atoms with E-state index in [0.29, 0.717) is 11.5 Å². The van der Waals surface area contributed by atoms with Gasteiger partial charge in [-0.15, -0.1) is 10.2 Å². The molecule has 2 aromatic carbocycles. The van der Waals surface area contributed by atoms with Crippen molar-refractivity contribution in [2.24, 2.45) is 7.05 Å². The molecule has 0 bridgehead atoms. The fourth-order valence-corrected chi connectivity index (χ4v) is 3.02. The van der Waals surface area contributed by atoms with E-state index < -0.39 is 23.2 Å². The largest absolute Gasteiger partial charge is 0.328 e. The maximum Gasteiger partial charge on any atom is 0.276 e. The maximum absolute atomic E-state index is 13.8. The molecule has 0 aliphatic carbocycles. The maximum atomic E-state index is 13.8. The van der Waals surface area contributed by atoms with Crippen molar-refractivity contribution in [3.63, 3.8) is 0 Å². The summed E-state index contributed by atoms with van der Waals surface area (Å²) in [6.07, 6.45) is 1.49. The minimum absolute atomic E-state index is 0.0367. The molecule has 4 aromatic rings. The summed E-state index contributed by atoms with van der Waals surface area (Å²) in [5.41, 5.74) is 2.82. The molecule has 2 N–H and O–H groups in total. The third-order valence-electron chi connectivity index (χ3n) is 4.52. The molecule has 0 spiro atoms. The molecule has 0 atom stereocenters. The Morgan fingerprint density at radius 2 is 1.90 bits per heavy atom. The Hall–Kier alpha value is -3.88. The molecule has 146 valence electrons. The van der Waals surface area contributed by atoms with Gasteiger partial charge < -0.3 is 10.3 Å². The molecule has 0 radical (unpaired) electrons. The normalized spacial score (nSPS) is 10.9. The van der Waals surface area contributed by atoms with Crippen molar-refractivity contribution in [1.82, 2.24) is 25.0 Å². The lowest BCUT2D eigenvalue weighted by Crippen LogP contribution is -2.15. The molecule has 0 fully saturated rings. The lowest BCUT2D eigenvalue weighted by molar-refractivity contribution is 0.102. The number of H-pyrrole nitrogens is 1. The fourth-order valence-electron chi connectivity index (χ4n) is 3.02. The van der Waals surface area contributed by atoms with E-state index in [-0.39, 0.29) is 5.69 Å². The van der Waals surface area contributed by atoms with Crippen molar-refractivity contribution in [1.29, 1.82) is 0 Å². The van der Waals surface area contributed by atoms with Crippen molar-refractivity contribution in [3.05, 3.63) is 71.7 Å². The van der Waals surface area contributed by atoms with Gasteiger partial charge in [0.15, 0.2) is 11.5 Å². The lowest BCUT2D eigenvalue weighted by atomic mass is 10.0. The SMILES string of the molecule is Cc1ccc(-c2nnc[nH]2)cc1-c1cc(C(=O)Nc2c(F)cccc2F)nn1C. The average Bonchev–Trinajstić information content (AvgIpc) is 3.35. The summed E-state index contributed by atoms with van der Waals surface area (Å²) in [4.78, 5) is 15.5. The minimum Gasteiger partial charge on any atom is -0.328 e. The van der Waals surface area contributed by atoms with Crippen LogP contribution in [0.15, 0.2) is 48.8 Å². The second kappa shape index (κ2) is 7.27. The summed E-state index contributed by atoms with van der Waals surface area (Å²) in [6.45, 7) is 1.93. The highest BCUT2D eigenvalue weighted by Crippen LogP contribution is 2.28. The van der Waals surface area contributed by atoms with E-state index in [4.69, 9.17) is 0 Å². The first-order valence-corrected chi connectivity index (χ1v) is 8.71. The Morgan fingerprint density at radius 1 is 1.14 bits per heavy atom. The van der Waals surface area contributed by atoms with E-state index in [1.165, 1.54) is 12.4 Å². The van der Waals surface area contributed by atoms with Gasteiger partial charge in [-0.25, -0.2) is 8.78 Å². The van der Waals surface area contributed by atoms with E-state index in [0.717, 1.165) is 28.8 Å². The molecule has 0 unspecified atom stereocenters. The molecule has 9 heteroatoms. The first-order valence-electron chi connectivity index (χ1n) is 8.71. The number of carbonyl (C=O) groups excluding carboxylic acids is 1. The van der Waals surface area contributed by atoms with E-state index in [2.05, 4.69) is 25.6 Å². The molecule has 2 aromatic heterocycles. The van der Waals surface area contributed by atoms with Crippen LogP contribution in [-0.2, 0) is 7.05 Å². The molecule has 4 rings (SSSR count). The molecule has 2 heterocycles. The summed E-state index contributed by atoms with van der Waals surface area (Å²) in [6, 6.07) is 10.7. The van der Waals surface area contributed by atoms with Crippen LogP contribution < -0.4 is 5.32 Å². The quantitative estimate of drug-likeness (QED) is 0.552. The molecule has 0 aliphatic rings. The topological polar surface area (TPSA) is 88.5 Å². The van der Waals surface area contributed by atoms with E-state index >= 15 is 0 Å². The van der Waals surface area contributed by atoms with E-state index in [1.807, 2.05) is 25.1 Å². The van der Waals surface area contributed by atoms with Crippen molar-refractivity contribution >= 4 is 11.6 Å². The molecular weight excluding hydrogens is 378 g/mol. The zero-order valence-electron chi connectivity index (χ0n) is 15.6. The predicted octanol–water partition coefficient (Wildman–Crippen LogP) is 3.71. The van der Waals surface area contributed by atoms with Gasteiger partial charge in [0.2, 0.25) is 0 Å². The van der Waals surface area contributed by atoms with Crippen LogP contribution in [0.5, 0.6) is 0 Å². The highest BCUT2D eigenvalue weighted by atomic mass is 19.1. The Labute approximate surface area is 164 Å². The number of rotatable bonds is 4. The zero-order valence-corrected chi connectivity index (χ0v) is 15.6. The van der Waals surface area contributed by atoms with Crippen LogP contribution in [-0.4, -0.2) is 30.9 Å². The molecule has 0 saturated carbocycles. The number of nitrogens with zero attached hydrogens (tertiary/aromatic N) is 4. The highest BCUT2D eigenvalue weighted by Gasteiger charge is 2.19. The summed E-state index contributed by atoms with van der Waals surface area (Å²) >= 11 is 0. The number of nitrogens with one attached hydrogen (secondary N) is 2. The number of halogens is 2. The molecule has 7 nitrogen and oxygen atoms in total. The number of aromatic nitrogens is 5. The van der Waals surface area contributed by atoms with Gasteiger partial charge in [0.05, 0.1) is 5.69 Å². The van der Waals surface area contributed by atoms with Gasteiger partial charge in [-0.2, -0.15) is 5.10 Å². The van der Waals surface area contributed by atoms with Crippen LogP contribution in [0, 0.1) is 18.6 Å². The number of aryl methyl sites for hydroxylation is 2. The summed E-state index contributed by atoms with van der Waals surface area (Å²) in [7, 11) is 1.69. The fraction of sp³-hybridized carbons (Fsp3) is 0.100. The van der Waals surface area contributed by atoms with Gasteiger partial charge in [-0.3, -0.25) is 9.48 Å². The van der Waals surface area contributed by atoms with Gasteiger partial charge in [0.25, 0.3) is 5.91 Å². The Morgan fingerprint density at radius 3 is 2.59 bits per heavy atom. The van der Waals surface area contributed by atoms with Crippen molar-refractivity contribution in [2.45, 2.75) is 6.92 Å². The average molecular weight is 394 g/mol. The lowest BCUT2D eigenvalue weighted by Gasteiger charge is -2.08. The standard InChI is InChI=1S/C20H16F2N6O/c1-11-6-7-12(19-23-10-24-26-19)8-13(11)17-9-16(27-28(17)2)20(29)25-18-14(21)4-3-5-15(18)22/h3-10H,1-2H3,(H,25,29)(H,23,24,26). The van der Waals surface area contributed by atoms with Gasteiger partial charge >= 0.3 is 0 Å². The molecule has 29 heavy (non-hydrogen) atoms. The number of hydrogen-bond donors (Lipinski definition) is 2. The number of anilines is 1. The first-order chi connectivity index (χ1) is 13.9. The van der Waals surface area contributed by atoms with Crippen LogP contribution in [0.25, 0.3) is 22.6 Å². The number of para-hydroxylation sites is 1. The van der Waals surface area contributed by atoms with Gasteiger partial charge in [0.1, 0.15) is 23.6 Å². The Balaban J connectivity index is 1.68. The van der Waals surface area contributed by atoms with Gasteiger partial charge in [0, 0.05) is 18.2 Å². The highest BCUT2D eigenvalue weighted by molar-refractivity contribution is 6.03. The first kappa shape index (κ1) is 18.5. The number of carbonyl (C=O) groups is 1. The van der Waals surface area contributed by atoms with Gasteiger partial charge in [-0.05, 0) is 36.8 Å². The third kappa shape index (κ3) is 3.49. The molecule has 1 amide bonds. The van der Waals surface area contributed by atoms with E-state index in [9.17, 15) is 13.6 Å². The smallest absolute Gasteiger partial charge is 0.276 e. The Bertz CT molecular complexity index is 1180. The van der Waals surface area contributed by atoms with Crippen LogP contribution >= 0.6 is 0 Å². The number of benzene rings is 2. The number of hydrogen-bond acceptors (Lipinski definition) is 4.